The van der Waals surface area contributed by atoms with E-state index in [4.69, 9.17) is 27.9 Å². The molecule has 0 radical (unpaired) electrons. The van der Waals surface area contributed by atoms with Crippen LogP contribution in [-0.2, 0) is 26.2 Å². The van der Waals surface area contributed by atoms with Crippen LogP contribution in [0.5, 0.6) is 5.75 Å². The van der Waals surface area contributed by atoms with Crippen molar-refractivity contribution < 1.29 is 27.1 Å². The molecule has 1 atom stereocenters. The van der Waals surface area contributed by atoms with Crippen LogP contribution in [0.25, 0.3) is 0 Å². The number of carbonyl (C=O) groups is 2. The molecule has 0 bridgehead atoms. The van der Waals surface area contributed by atoms with Gasteiger partial charge >= 0.3 is 0 Å². The van der Waals surface area contributed by atoms with Crippen LogP contribution in [0.1, 0.15) is 25.8 Å². The highest BCUT2D eigenvalue weighted by Gasteiger charge is 2.34. The lowest BCUT2D eigenvalue weighted by atomic mass is 10.1. The Bertz CT molecular complexity index is 1440. The van der Waals surface area contributed by atoms with Gasteiger partial charge in [0.15, 0.2) is 0 Å². The lowest BCUT2D eigenvalue weighted by molar-refractivity contribution is -0.140. The third-order valence-corrected chi connectivity index (χ3v) is 8.51. The summed E-state index contributed by atoms with van der Waals surface area (Å²) in [5.74, 6) is -1.18. The van der Waals surface area contributed by atoms with E-state index in [1.54, 1.807) is 26.0 Å². The number of rotatable bonds is 12. The number of nitrogens with one attached hydrogen (secondary N) is 1. The van der Waals surface area contributed by atoms with Gasteiger partial charge in [-0.3, -0.25) is 13.9 Å². The molecule has 0 fully saturated rings. The first-order valence-corrected chi connectivity index (χ1v) is 14.6. The molecular weight excluding hydrogens is 580 g/mol. The maximum atomic E-state index is 13.9. The molecule has 0 saturated heterocycles. The molecule has 3 aromatic carbocycles. The summed E-state index contributed by atoms with van der Waals surface area (Å²) in [7, 11) is -2.85. The van der Waals surface area contributed by atoms with Crippen LogP contribution in [-0.4, -0.2) is 51.4 Å². The highest BCUT2D eigenvalue weighted by atomic mass is 35.5. The van der Waals surface area contributed by atoms with E-state index in [0.29, 0.717) is 22.9 Å². The Labute approximate surface area is 243 Å². The maximum absolute atomic E-state index is 13.9. The molecule has 0 spiro atoms. The largest absolute Gasteiger partial charge is 0.497 e. The molecule has 214 valence electrons. The van der Waals surface area contributed by atoms with Crippen molar-refractivity contribution in [1.82, 2.24) is 10.2 Å². The number of sulfonamides is 1. The molecule has 0 saturated carbocycles. The zero-order valence-electron chi connectivity index (χ0n) is 22.2. The lowest BCUT2D eigenvalue weighted by Gasteiger charge is -2.33. The van der Waals surface area contributed by atoms with E-state index in [9.17, 15) is 22.4 Å². The monoisotopic (exact) mass is 609 g/mol. The molecule has 0 unspecified atom stereocenters. The zero-order valence-corrected chi connectivity index (χ0v) is 24.6. The second-order valence-electron chi connectivity index (χ2n) is 8.74. The van der Waals surface area contributed by atoms with Crippen LogP contribution in [0.15, 0.2) is 71.6 Å². The number of anilines is 1. The number of methoxy groups -OCH3 is 1. The highest BCUT2D eigenvalue weighted by Crippen LogP contribution is 2.28. The fraction of sp³-hybridized carbons (Fsp3) is 0.286. The van der Waals surface area contributed by atoms with Crippen molar-refractivity contribution in [3.63, 3.8) is 0 Å². The molecule has 0 aliphatic rings. The summed E-state index contributed by atoms with van der Waals surface area (Å²) < 4.78 is 47.4. The number of nitrogens with zero attached hydrogens (tertiary/aromatic N) is 2. The Morgan fingerprint density at radius 3 is 2.20 bits per heavy atom. The highest BCUT2D eigenvalue weighted by molar-refractivity contribution is 7.92. The zero-order chi connectivity index (χ0) is 29.4. The fourth-order valence-corrected chi connectivity index (χ4v) is 5.94. The average molecular weight is 611 g/mol. The summed E-state index contributed by atoms with van der Waals surface area (Å²) in [4.78, 5) is 28.1. The van der Waals surface area contributed by atoms with Crippen LogP contribution in [0.3, 0.4) is 0 Å². The van der Waals surface area contributed by atoms with Crippen LogP contribution < -0.4 is 14.4 Å². The molecule has 3 aromatic rings. The van der Waals surface area contributed by atoms with Crippen molar-refractivity contribution in [3.8, 4) is 5.75 Å². The molecule has 0 aliphatic carbocycles. The van der Waals surface area contributed by atoms with Crippen LogP contribution in [0.4, 0.5) is 10.1 Å². The topological polar surface area (TPSA) is 96.0 Å². The van der Waals surface area contributed by atoms with Crippen molar-refractivity contribution in [1.29, 1.82) is 0 Å². The van der Waals surface area contributed by atoms with Gasteiger partial charge in [-0.25, -0.2) is 12.8 Å². The third kappa shape index (κ3) is 7.44. The number of hydrogen-bond acceptors (Lipinski definition) is 5. The van der Waals surface area contributed by atoms with Crippen molar-refractivity contribution in [2.24, 2.45) is 0 Å². The van der Waals surface area contributed by atoms with E-state index >= 15 is 0 Å². The summed E-state index contributed by atoms with van der Waals surface area (Å²) in [6.07, 6.45) is 0.255. The number of carbonyl (C=O) groups excluding carboxylic acids is 2. The summed E-state index contributed by atoms with van der Waals surface area (Å²) in [6.45, 7) is 3.10. The van der Waals surface area contributed by atoms with Gasteiger partial charge in [-0.1, -0.05) is 36.2 Å². The van der Waals surface area contributed by atoms with Gasteiger partial charge in [0.2, 0.25) is 11.8 Å². The lowest BCUT2D eigenvalue weighted by Crippen LogP contribution is -2.52. The summed E-state index contributed by atoms with van der Waals surface area (Å²) in [6, 6.07) is 14.3. The Hall–Kier alpha value is -3.34. The third-order valence-electron chi connectivity index (χ3n) is 6.13. The van der Waals surface area contributed by atoms with Crippen molar-refractivity contribution in [2.75, 3.05) is 24.5 Å². The Morgan fingerprint density at radius 2 is 1.65 bits per heavy atom. The van der Waals surface area contributed by atoms with E-state index in [-0.39, 0.29) is 28.6 Å². The number of hydrogen-bond donors (Lipinski definition) is 1. The second-order valence-corrected chi connectivity index (χ2v) is 11.4. The fourth-order valence-electron chi connectivity index (χ4n) is 4.06. The SMILES string of the molecule is CCNC(=O)[C@@H](CC)N(Cc1ccc(Cl)cc1Cl)C(=O)CN(c1ccc(F)cc1)S(=O)(=O)c1ccc(OC)cc1. The van der Waals surface area contributed by atoms with Gasteiger partial charge in [0.1, 0.15) is 24.2 Å². The first kappa shape index (κ1) is 31.2. The van der Waals surface area contributed by atoms with Crippen molar-refractivity contribution >= 4 is 50.7 Å². The van der Waals surface area contributed by atoms with Gasteiger partial charge in [-0.2, -0.15) is 0 Å². The van der Waals surface area contributed by atoms with E-state index in [1.165, 1.54) is 54.5 Å². The summed E-state index contributed by atoms with van der Waals surface area (Å²) in [5, 5.41) is 3.41. The first-order valence-electron chi connectivity index (χ1n) is 12.4. The van der Waals surface area contributed by atoms with Gasteiger partial charge in [-0.05, 0) is 79.6 Å². The van der Waals surface area contributed by atoms with Gasteiger partial charge in [0.05, 0.1) is 17.7 Å². The van der Waals surface area contributed by atoms with E-state index in [1.807, 2.05) is 0 Å². The standard InChI is InChI=1S/C28H30Cl2FN3O5S/c1-4-26(28(36)32-5-2)33(17-19-6-7-20(29)16-25(19)30)27(35)18-34(22-10-8-21(31)9-11-22)40(37,38)24-14-12-23(39-3)13-15-24/h6-16,26H,4-5,17-18H2,1-3H3,(H,32,36)/t26-/m1/s1. The molecule has 2 amide bonds. The minimum absolute atomic E-state index is 0.0705. The molecule has 1 N–H and O–H groups in total. The quantitative estimate of drug-likeness (QED) is 0.301. The maximum Gasteiger partial charge on any atom is 0.264 e. The predicted octanol–water partition coefficient (Wildman–Crippen LogP) is 5.28. The Balaban J connectivity index is 2.07. The number of halogens is 3. The second kappa shape index (κ2) is 13.8. The first-order chi connectivity index (χ1) is 19.0. The van der Waals surface area contributed by atoms with E-state index in [0.717, 1.165) is 16.4 Å². The molecule has 40 heavy (non-hydrogen) atoms. The molecule has 3 rings (SSSR count). The minimum Gasteiger partial charge on any atom is -0.497 e. The summed E-state index contributed by atoms with van der Waals surface area (Å²) >= 11 is 12.4. The Kier molecular flexibility index (Phi) is 10.8. The van der Waals surface area contributed by atoms with Crippen LogP contribution in [0, 0.1) is 5.82 Å². The normalized spacial score (nSPS) is 11.9. The van der Waals surface area contributed by atoms with Crippen LogP contribution in [0.2, 0.25) is 10.0 Å². The van der Waals surface area contributed by atoms with E-state index < -0.39 is 40.2 Å². The molecule has 8 nitrogen and oxygen atoms in total. The number of ether oxygens (including phenoxy) is 1. The number of amides is 2. The van der Waals surface area contributed by atoms with Crippen LogP contribution >= 0.6 is 23.2 Å². The van der Waals surface area contributed by atoms with Crippen molar-refractivity contribution in [3.05, 3.63) is 88.2 Å². The molecule has 0 aromatic heterocycles. The number of benzene rings is 3. The van der Waals surface area contributed by atoms with Gasteiger partial charge < -0.3 is 15.0 Å². The minimum atomic E-state index is -4.31. The van der Waals surface area contributed by atoms with E-state index in [2.05, 4.69) is 5.32 Å². The molecule has 0 heterocycles. The molecular formula is C28H30Cl2FN3O5S. The number of likely N-dealkylation sites (N-methyl/N-ethyl adjacent to an activating group) is 1. The molecule has 0 aliphatic heterocycles. The average Bonchev–Trinajstić information content (AvgIpc) is 2.93. The predicted molar refractivity (Wildman–Crippen MR) is 154 cm³/mol. The van der Waals surface area contributed by atoms with Gasteiger partial charge in [-0.15, -0.1) is 0 Å². The van der Waals surface area contributed by atoms with Gasteiger partial charge in [0.25, 0.3) is 10.0 Å². The molecule has 12 heteroatoms. The Morgan fingerprint density at radius 1 is 1.00 bits per heavy atom. The van der Waals surface area contributed by atoms with Crippen molar-refractivity contribution in [2.45, 2.75) is 37.8 Å². The van der Waals surface area contributed by atoms with Gasteiger partial charge in [0, 0.05) is 23.1 Å². The summed E-state index contributed by atoms with van der Waals surface area (Å²) in [5.41, 5.74) is 0.592. The smallest absolute Gasteiger partial charge is 0.264 e.